The number of rotatable bonds is 3. The molecule has 2 aliphatic rings. The summed E-state index contributed by atoms with van der Waals surface area (Å²) in [7, 11) is 3.70. The second kappa shape index (κ2) is 7.10. The summed E-state index contributed by atoms with van der Waals surface area (Å²) in [5, 5.41) is 0.334. The highest BCUT2D eigenvalue weighted by atomic mass is 32.1. The van der Waals surface area contributed by atoms with E-state index >= 15 is 0 Å². The number of thiocarbonyl (C=S) groups is 1. The van der Waals surface area contributed by atoms with E-state index in [0.29, 0.717) is 10.8 Å². The maximum absolute atomic E-state index is 13.2. The van der Waals surface area contributed by atoms with Crippen molar-refractivity contribution in [3.05, 3.63) is 89.4 Å². The normalized spacial score (nSPS) is 18.0. The van der Waals surface area contributed by atoms with Crippen LogP contribution in [0.3, 0.4) is 0 Å². The number of anilines is 1. The molecule has 0 aromatic heterocycles. The van der Waals surface area contributed by atoms with Gasteiger partial charge in [-0.25, -0.2) is 4.39 Å². The molecule has 4 rings (SSSR count). The van der Waals surface area contributed by atoms with Gasteiger partial charge in [0.2, 0.25) is 0 Å². The van der Waals surface area contributed by atoms with Crippen molar-refractivity contribution in [2.24, 2.45) is 0 Å². The van der Waals surface area contributed by atoms with Crippen LogP contribution in [0.4, 0.5) is 10.1 Å². The maximum Gasteiger partial charge on any atom is 0.199 e. The van der Waals surface area contributed by atoms with Crippen LogP contribution in [-0.4, -0.2) is 25.3 Å². The smallest absolute Gasteiger partial charge is 0.199 e. The Bertz CT molecular complexity index is 992. The standard InChI is InChI=1S/C22H18FNO2S/c1-24-17-7-4-3-6-16(17)20(21-18(24)8-5-9-19(21)25-2)22(27)26-15-12-10-14(23)11-13-15/h3-13,19H,1-2H3. The summed E-state index contributed by atoms with van der Waals surface area (Å²) < 4.78 is 24.8. The number of para-hydroxylation sites is 1. The molecule has 3 nitrogen and oxygen atoms in total. The number of hydrogen-bond acceptors (Lipinski definition) is 4. The number of halogens is 1. The summed E-state index contributed by atoms with van der Waals surface area (Å²) in [5.74, 6) is 0.179. The summed E-state index contributed by atoms with van der Waals surface area (Å²) in [6, 6.07) is 13.9. The van der Waals surface area contributed by atoms with Gasteiger partial charge >= 0.3 is 0 Å². The van der Waals surface area contributed by atoms with Crippen LogP contribution in [0.5, 0.6) is 5.75 Å². The van der Waals surface area contributed by atoms with Gasteiger partial charge in [-0.1, -0.05) is 30.4 Å². The fourth-order valence-corrected chi connectivity index (χ4v) is 3.79. The Morgan fingerprint density at radius 1 is 1.11 bits per heavy atom. The zero-order chi connectivity index (χ0) is 19.0. The van der Waals surface area contributed by atoms with E-state index in [1.165, 1.54) is 12.1 Å². The van der Waals surface area contributed by atoms with Gasteiger partial charge < -0.3 is 14.4 Å². The van der Waals surface area contributed by atoms with Crippen LogP contribution in [0.15, 0.2) is 78.0 Å². The summed E-state index contributed by atoms with van der Waals surface area (Å²) in [5.41, 5.74) is 4.83. The van der Waals surface area contributed by atoms with E-state index in [4.69, 9.17) is 21.7 Å². The Labute approximate surface area is 163 Å². The Balaban J connectivity index is 1.85. The molecule has 27 heavy (non-hydrogen) atoms. The quantitative estimate of drug-likeness (QED) is 0.707. The van der Waals surface area contributed by atoms with E-state index in [2.05, 4.69) is 4.90 Å². The number of allylic oxidation sites excluding steroid dienone is 2. The van der Waals surface area contributed by atoms with E-state index in [9.17, 15) is 4.39 Å². The lowest BCUT2D eigenvalue weighted by Gasteiger charge is -2.37. The molecule has 1 aliphatic carbocycles. The molecule has 0 fully saturated rings. The minimum Gasteiger partial charge on any atom is -0.445 e. The van der Waals surface area contributed by atoms with Crippen LogP contribution in [0.25, 0.3) is 5.57 Å². The van der Waals surface area contributed by atoms with Crippen molar-refractivity contribution in [1.82, 2.24) is 0 Å². The first-order valence-corrected chi connectivity index (χ1v) is 8.97. The van der Waals surface area contributed by atoms with Crippen molar-refractivity contribution >= 4 is 28.5 Å². The molecule has 0 radical (unpaired) electrons. The Kier molecular flexibility index (Phi) is 4.64. The van der Waals surface area contributed by atoms with Crippen LogP contribution in [0.1, 0.15) is 5.56 Å². The molecule has 1 atom stereocenters. The average molecular weight is 379 g/mol. The number of fused-ring (bicyclic) bond motifs is 2. The number of likely N-dealkylation sites (N-methyl/N-ethyl adjacent to an activating group) is 1. The molecule has 1 aliphatic heterocycles. The first-order chi connectivity index (χ1) is 13.1. The van der Waals surface area contributed by atoms with Gasteiger partial charge in [-0.15, -0.1) is 0 Å². The molecule has 5 heteroatoms. The predicted molar refractivity (Wildman–Crippen MR) is 109 cm³/mol. The van der Waals surface area contributed by atoms with Crippen LogP contribution in [0, 0.1) is 5.82 Å². The molecule has 136 valence electrons. The predicted octanol–water partition coefficient (Wildman–Crippen LogP) is 4.90. The molecule has 2 aromatic rings. The highest BCUT2D eigenvalue weighted by Gasteiger charge is 2.34. The molecule has 0 spiro atoms. The molecule has 0 amide bonds. The molecule has 1 heterocycles. The third kappa shape index (κ3) is 3.09. The van der Waals surface area contributed by atoms with Crippen molar-refractivity contribution in [2.75, 3.05) is 19.1 Å². The monoisotopic (exact) mass is 379 g/mol. The number of ether oxygens (including phenoxy) is 2. The van der Waals surface area contributed by atoms with Gasteiger partial charge in [0.25, 0.3) is 0 Å². The molecule has 2 aromatic carbocycles. The lowest BCUT2D eigenvalue weighted by Crippen LogP contribution is -2.32. The van der Waals surface area contributed by atoms with Crippen molar-refractivity contribution in [1.29, 1.82) is 0 Å². The lowest BCUT2D eigenvalue weighted by atomic mass is 9.86. The average Bonchev–Trinajstić information content (AvgIpc) is 2.69. The zero-order valence-corrected chi connectivity index (χ0v) is 15.8. The van der Waals surface area contributed by atoms with E-state index in [1.807, 2.05) is 49.5 Å². The van der Waals surface area contributed by atoms with Crippen molar-refractivity contribution < 1.29 is 13.9 Å². The van der Waals surface area contributed by atoms with Crippen molar-refractivity contribution in [2.45, 2.75) is 6.10 Å². The second-order valence-corrected chi connectivity index (χ2v) is 6.67. The maximum atomic E-state index is 13.2. The van der Waals surface area contributed by atoms with Gasteiger partial charge in [0.05, 0.1) is 0 Å². The van der Waals surface area contributed by atoms with Crippen LogP contribution >= 0.6 is 12.2 Å². The summed E-state index contributed by atoms with van der Waals surface area (Å²) in [6.45, 7) is 0. The van der Waals surface area contributed by atoms with Gasteiger partial charge in [0, 0.05) is 42.3 Å². The van der Waals surface area contributed by atoms with Crippen LogP contribution in [0.2, 0.25) is 0 Å². The molecule has 0 N–H and O–H groups in total. The van der Waals surface area contributed by atoms with Crippen LogP contribution < -0.4 is 9.64 Å². The van der Waals surface area contributed by atoms with E-state index < -0.39 is 0 Å². The molecule has 0 saturated carbocycles. The molecule has 0 saturated heterocycles. The fraction of sp³-hybridized carbons (Fsp3) is 0.136. The largest absolute Gasteiger partial charge is 0.445 e. The van der Waals surface area contributed by atoms with Crippen molar-refractivity contribution in [3.8, 4) is 5.75 Å². The first kappa shape index (κ1) is 17.6. The lowest BCUT2D eigenvalue weighted by molar-refractivity contribution is 0.169. The first-order valence-electron chi connectivity index (χ1n) is 8.57. The van der Waals surface area contributed by atoms with E-state index in [1.54, 1.807) is 19.2 Å². The molecule has 1 unspecified atom stereocenters. The molecular weight excluding hydrogens is 361 g/mol. The molecular formula is C22H18FNO2S. The summed E-state index contributed by atoms with van der Waals surface area (Å²) in [6.07, 6.45) is 5.78. The minimum absolute atomic E-state index is 0.231. The SMILES string of the molecule is COC1C=CC=C2C1=C(C(=S)Oc1ccc(F)cc1)c1ccccc1N2C. The summed E-state index contributed by atoms with van der Waals surface area (Å²) >= 11 is 5.67. The second-order valence-electron chi connectivity index (χ2n) is 6.30. The van der Waals surface area contributed by atoms with Gasteiger partial charge in [-0.2, -0.15) is 0 Å². The molecule has 0 bridgehead atoms. The Hall–Kier alpha value is -2.76. The van der Waals surface area contributed by atoms with Gasteiger partial charge in [-0.3, -0.25) is 0 Å². The highest BCUT2D eigenvalue weighted by molar-refractivity contribution is 7.81. The zero-order valence-electron chi connectivity index (χ0n) is 15.0. The highest BCUT2D eigenvalue weighted by Crippen LogP contribution is 2.43. The topological polar surface area (TPSA) is 21.7 Å². The minimum atomic E-state index is -0.318. The Morgan fingerprint density at radius 2 is 1.85 bits per heavy atom. The van der Waals surface area contributed by atoms with Gasteiger partial charge in [0.15, 0.2) is 5.05 Å². The fourth-order valence-electron chi connectivity index (χ4n) is 3.47. The van der Waals surface area contributed by atoms with Gasteiger partial charge in [-0.05, 0) is 48.6 Å². The number of nitrogens with zero attached hydrogens (tertiary/aromatic N) is 1. The van der Waals surface area contributed by atoms with Gasteiger partial charge in [0.1, 0.15) is 17.7 Å². The summed E-state index contributed by atoms with van der Waals surface area (Å²) in [4.78, 5) is 2.13. The van der Waals surface area contributed by atoms with Crippen LogP contribution in [-0.2, 0) is 4.74 Å². The van der Waals surface area contributed by atoms with E-state index in [-0.39, 0.29) is 11.9 Å². The van der Waals surface area contributed by atoms with E-state index in [0.717, 1.165) is 28.1 Å². The number of benzene rings is 2. The third-order valence-electron chi connectivity index (χ3n) is 4.75. The number of methoxy groups -OCH3 is 1. The Morgan fingerprint density at radius 3 is 2.59 bits per heavy atom. The number of hydrogen-bond donors (Lipinski definition) is 0. The third-order valence-corrected chi connectivity index (χ3v) is 5.04. The van der Waals surface area contributed by atoms with Crippen molar-refractivity contribution in [3.63, 3.8) is 0 Å².